The van der Waals surface area contributed by atoms with Crippen LogP contribution in [0.4, 0.5) is 0 Å². The molecule has 1 heterocycles. The lowest BCUT2D eigenvalue weighted by Crippen LogP contribution is -1.77. The molecule has 0 atom stereocenters. The number of H-pyrrole nitrogens is 1. The molecule has 88 valence electrons. The van der Waals surface area contributed by atoms with Crippen molar-refractivity contribution in [2.24, 2.45) is 0 Å². The van der Waals surface area contributed by atoms with Crippen molar-refractivity contribution in [1.82, 2.24) is 10.2 Å². The highest BCUT2D eigenvalue weighted by Crippen LogP contribution is 2.35. The molecule has 2 aromatic carbocycles. The molecule has 2 heteroatoms. The molecule has 0 radical (unpaired) electrons. The highest BCUT2D eigenvalue weighted by Gasteiger charge is 2.15. The molecule has 0 saturated heterocycles. The molecule has 0 saturated carbocycles. The fraction of sp³-hybridized carbons (Fsp3) is 0.0625. The van der Waals surface area contributed by atoms with E-state index in [0.717, 1.165) is 6.42 Å². The fourth-order valence-electron chi connectivity index (χ4n) is 2.29. The van der Waals surface area contributed by atoms with Gasteiger partial charge in [0, 0.05) is 12.4 Å². The molecule has 3 aromatic rings. The summed E-state index contributed by atoms with van der Waals surface area (Å²) < 4.78 is 0. The monoisotopic (exact) mass is 234 g/mol. The summed E-state index contributed by atoms with van der Waals surface area (Å²) in [5.41, 5.74) is 5.75. The van der Waals surface area contributed by atoms with Crippen LogP contribution in [0, 0.1) is 0 Å². The van der Waals surface area contributed by atoms with Crippen molar-refractivity contribution < 1.29 is 0 Å². The predicted octanol–water partition coefficient (Wildman–Crippen LogP) is 3.67. The third-order valence-corrected chi connectivity index (χ3v) is 3.11. The Labute approximate surface area is 106 Å². The number of hydrogen-bond acceptors (Lipinski definition) is 1. The normalized spacial score (nSPS) is 11.1. The topological polar surface area (TPSA) is 28.7 Å². The van der Waals surface area contributed by atoms with E-state index in [1.807, 2.05) is 6.07 Å². The van der Waals surface area contributed by atoms with Gasteiger partial charge < -0.3 is 0 Å². The summed E-state index contributed by atoms with van der Waals surface area (Å²) in [6.07, 6.45) is 4.56. The van der Waals surface area contributed by atoms with Crippen molar-refractivity contribution in [1.29, 1.82) is 0 Å². The van der Waals surface area contributed by atoms with Gasteiger partial charge in [0.25, 0.3) is 0 Å². The Bertz CT molecular complexity index is 566. The van der Waals surface area contributed by atoms with Crippen molar-refractivity contribution in [2.45, 2.75) is 6.42 Å². The van der Waals surface area contributed by atoms with Gasteiger partial charge in [0.15, 0.2) is 0 Å². The first kappa shape index (κ1) is 10.8. The van der Waals surface area contributed by atoms with Crippen LogP contribution < -0.4 is 0 Å². The molecular weight excluding hydrogens is 220 g/mol. The van der Waals surface area contributed by atoms with Crippen molar-refractivity contribution in [2.75, 3.05) is 0 Å². The number of fused-ring (bicyclic) bond motifs is 3. The summed E-state index contributed by atoms with van der Waals surface area (Å²) in [4.78, 5) is 0. The van der Waals surface area contributed by atoms with Gasteiger partial charge in [-0.3, -0.25) is 5.10 Å². The molecule has 0 fully saturated rings. The SMILES string of the molecule is c1ccc2c(c1)Cc1ccccc1-2.c1cn[nH]c1. The molecule has 0 unspecified atom stereocenters. The van der Waals surface area contributed by atoms with Crippen LogP contribution >= 0.6 is 0 Å². The van der Waals surface area contributed by atoms with Crippen LogP contribution in [0.2, 0.25) is 0 Å². The van der Waals surface area contributed by atoms with Crippen LogP contribution in [-0.2, 0) is 6.42 Å². The number of hydrogen-bond donors (Lipinski definition) is 1. The zero-order valence-corrected chi connectivity index (χ0v) is 10.0. The second-order valence-electron chi connectivity index (χ2n) is 4.26. The third kappa shape index (κ3) is 2.05. The summed E-state index contributed by atoms with van der Waals surface area (Å²) in [5.74, 6) is 0. The molecule has 4 rings (SSSR count). The number of nitrogens with zero attached hydrogens (tertiary/aromatic N) is 1. The van der Waals surface area contributed by atoms with Gasteiger partial charge in [-0.2, -0.15) is 5.10 Å². The lowest BCUT2D eigenvalue weighted by atomic mass is 10.1. The number of aromatic amines is 1. The highest BCUT2D eigenvalue weighted by atomic mass is 15.1. The quantitative estimate of drug-likeness (QED) is 0.494. The molecule has 2 nitrogen and oxygen atoms in total. The van der Waals surface area contributed by atoms with Gasteiger partial charge >= 0.3 is 0 Å². The van der Waals surface area contributed by atoms with Gasteiger partial charge in [-0.05, 0) is 34.7 Å². The van der Waals surface area contributed by atoms with Gasteiger partial charge in [-0.15, -0.1) is 0 Å². The van der Waals surface area contributed by atoms with Crippen molar-refractivity contribution in [3.63, 3.8) is 0 Å². The predicted molar refractivity (Wildman–Crippen MR) is 73.3 cm³/mol. The minimum atomic E-state index is 1.10. The second kappa shape index (κ2) is 4.88. The van der Waals surface area contributed by atoms with E-state index in [9.17, 15) is 0 Å². The Kier molecular flexibility index (Phi) is 2.92. The van der Waals surface area contributed by atoms with Crippen molar-refractivity contribution in [3.05, 3.63) is 78.1 Å². The first-order valence-corrected chi connectivity index (χ1v) is 6.05. The van der Waals surface area contributed by atoms with Crippen LogP contribution in [0.5, 0.6) is 0 Å². The zero-order chi connectivity index (χ0) is 12.2. The molecule has 0 spiro atoms. The van der Waals surface area contributed by atoms with Crippen LogP contribution in [0.25, 0.3) is 11.1 Å². The maximum Gasteiger partial charge on any atom is 0.0487 e. The lowest BCUT2D eigenvalue weighted by Gasteiger charge is -1.98. The largest absolute Gasteiger partial charge is 0.286 e. The first-order valence-electron chi connectivity index (χ1n) is 6.05. The number of nitrogens with one attached hydrogen (secondary N) is 1. The third-order valence-electron chi connectivity index (χ3n) is 3.11. The molecule has 0 aliphatic heterocycles. The molecule has 1 N–H and O–H groups in total. The van der Waals surface area contributed by atoms with Gasteiger partial charge in [-0.1, -0.05) is 48.5 Å². The summed E-state index contributed by atoms with van der Waals surface area (Å²) in [6, 6.07) is 19.1. The van der Waals surface area contributed by atoms with Crippen molar-refractivity contribution in [3.8, 4) is 11.1 Å². The summed E-state index contributed by atoms with van der Waals surface area (Å²) in [7, 11) is 0. The molecule has 1 aromatic heterocycles. The van der Waals surface area contributed by atoms with Crippen LogP contribution in [-0.4, -0.2) is 10.2 Å². The van der Waals surface area contributed by atoms with E-state index in [-0.39, 0.29) is 0 Å². The second-order valence-corrected chi connectivity index (χ2v) is 4.26. The van der Waals surface area contributed by atoms with E-state index >= 15 is 0 Å². The first-order chi connectivity index (χ1) is 8.95. The summed E-state index contributed by atoms with van der Waals surface area (Å²) >= 11 is 0. The average molecular weight is 234 g/mol. The highest BCUT2D eigenvalue weighted by molar-refractivity contribution is 5.76. The minimum absolute atomic E-state index is 1.10. The average Bonchev–Trinajstić information content (AvgIpc) is 3.10. The van der Waals surface area contributed by atoms with E-state index in [4.69, 9.17) is 0 Å². The Morgan fingerprint density at radius 3 is 1.83 bits per heavy atom. The lowest BCUT2D eigenvalue weighted by molar-refractivity contribution is 1.09. The fourth-order valence-corrected chi connectivity index (χ4v) is 2.29. The maximum absolute atomic E-state index is 3.60. The van der Waals surface area contributed by atoms with E-state index in [1.165, 1.54) is 22.3 Å². The summed E-state index contributed by atoms with van der Waals surface area (Å²) in [6.45, 7) is 0. The molecule has 1 aliphatic rings. The van der Waals surface area contributed by atoms with Crippen molar-refractivity contribution >= 4 is 0 Å². The standard InChI is InChI=1S/C13H10.C3H4N2/c1-3-7-12-10(5-1)9-11-6-2-4-8-13(11)12;1-2-4-5-3-1/h1-8H,9H2;1-3H,(H,4,5). The maximum atomic E-state index is 3.60. The van der Waals surface area contributed by atoms with Crippen LogP contribution in [0.3, 0.4) is 0 Å². The Morgan fingerprint density at radius 2 is 1.39 bits per heavy atom. The molecule has 0 amide bonds. The molecule has 0 bridgehead atoms. The van der Waals surface area contributed by atoms with Crippen LogP contribution in [0.1, 0.15) is 11.1 Å². The number of benzene rings is 2. The van der Waals surface area contributed by atoms with Gasteiger partial charge in [-0.25, -0.2) is 0 Å². The minimum Gasteiger partial charge on any atom is -0.286 e. The van der Waals surface area contributed by atoms with Gasteiger partial charge in [0.2, 0.25) is 0 Å². The van der Waals surface area contributed by atoms with E-state index in [1.54, 1.807) is 12.4 Å². The Hall–Kier alpha value is -2.35. The van der Waals surface area contributed by atoms with E-state index in [0.29, 0.717) is 0 Å². The van der Waals surface area contributed by atoms with Crippen LogP contribution in [0.15, 0.2) is 67.0 Å². The van der Waals surface area contributed by atoms with Gasteiger partial charge in [0.1, 0.15) is 0 Å². The number of rotatable bonds is 0. The number of aromatic nitrogens is 2. The van der Waals surface area contributed by atoms with E-state index < -0.39 is 0 Å². The molecule has 1 aliphatic carbocycles. The Balaban J connectivity index is 0.000000169. The smallest absolute Gasteiger partial charge is 0.0487 e. The van der Waals surface area contributed by atoms with E-state index in [2.05, 4.69) is 58.7 Å². The van der Waals surface area contributed by atoms with Gasteiger partial charge in [0.05, 0.1) is 0 Å². The zero-order valence-electron chi connectivity index (χ0n) is 10.0. The molecular formula is C16H14N2. The summed E-state index contributed by atoms with van der Waals surface area (Å²) in [5, 5.41) is 6.21. The molecule has 18 heavy (non-hydrogen) atoms. The Morgan fingerprint density at radius 1 is 0.778 bits per heavy atom.